The van der Waals surface area contributed by atoms with Crippen molar-refractivity contribution in [3.05, 3.63) is 29.3 Å². The van der Waals surface area contributed by atoms with Gasteiger partial charge < -0.3 is 11.1 Å². The summed E-state index contributed by atoms with van der Waals surface area (Å²) in [6.45, 7) is 2.34. The highest BCUT2D eigenvalue weighted by atomic mass is 16.1. The van der Waals surface area contributed by atoms with Crippen LogP contribution in [0.15, 0.2) is 18.2 Å². The minimum atomic E-state index is -0.442. The Kier molecular flexibility index (Phi) is 3.27. The van der Waals surface area contributed by atoms with Gasteiger partial charge in [-0.05, 0) is 30.0 Å². The summed E-state index contributed by atoms with van der Waals surface area (Å²) in [7, 11) is 0. The zero-order valence-corrected chi connectivity index (χ0v) is 8.00. The number of hydrogen-bond donors (Lipinski definition) is 2. The molecule has 0 aliphatic heterocycles. The molecule has 1 aromatic carbocycles. The van der Waals surface area contributed by atoms with Crippen LogP contribution in [0.3, 0.4) is 0 Å². The number of rotatable bonds is 2. The first-order chi connectivity index (χ1) is 6.67. The number of nitrogens with two attached hydrogens (primary N) is 1. The lowest BCUT2D eigenvalue weighted by molar-refractivity contribution is -0.111. The van der Waals surface area contributed by atoms with Gasteiger partial charge >= 0.3 is 0 Å². The molecule has 0 bridgehead atoms. The van der Waals surface area contributed by atoms with Crippen LogP contribution < -0.4 is 11.1 Å². The van der Waals surface area contributed by atoms with Gasteiger partial charge in [-0.3, -0.25) is 4.79 Å². The highest BCUT2D eigenvalue weighted by Gasteiger charge is 2.02. The Labute approximate surface area is 83.3 Å². The van der Waals surface area contributed by atoms with Crippen molar-refractivity contribution in [1.82, 2.24) is 0 Å². The van der Waals surface area contributed by atoms with Gasteiger partial charge in [-0.15, -0.1) is 6.42 Å². The minimum Gasteiger partial charge on any atom is -0.326 e. The molecule has 0 aliphatic rings. The lowest BCUT2D eigenvalue weighted by atomic mass is 10.1. The lowest BCUT2D eigenvalue weighted by Crippen LogP contribution is -2.10. The van der Waals surface area contributed by atoms with Crippen LogP contribution in [-0.2, 0) is 11.3 Å². The number of carbonyl (C=O) groups excluding carboxylic acids is 1. The Morgan fingerprint density at radius 2 is 2.36 bits per heavy atom. The molecular weight excluding hydrogens is 176 g/mol. The molecule has 0 unspecified atom stereocenters. The van der Waals surface area contributed by atoms with E-state index < -0.39 is 5.91 Å². The summed E-state index contributed by atoms with van der Waals surface area (Å²) >= 11 is 0. The van der Waals surface area contributed by atoms with E-state index in [1.807, 2.05) is 31.0 Å². The summed E-state index contributed by atoms with van der Waals surface area (Å²) in [5, 5.41) is 2.60. The van der Waals surface area contributed by atoms with E-state index in [2.05, 4.69) is 5.32 Å². The maximum absolute atomic E-state index is 11.0. The first kappa shape index (κ1) is 10.3. The molecule has 14 heavy (non-hydrogen) atoms. The van der Waals surface area contributed by atoms with Gasteiger partial charge in [0.2, 0.25) is 0 Å². The maximum Gasteiger partial charge on any atom is 0.300 e. The number of amides is 1. The molecule has 1 aromatic rings. The highest BCUT2D eigenvalue weighted by Crippen LogP contribution is 2.16. The van der Waals surface area contributed by atoms with Crippen LogP contribution in [0.1, 0.15) is 11.1 Å². The van der Waals surface area contributed by atoms with E-state index in [0.717, 1.165) is 16.8 Å². The Bertz CT molecular complexity index is 391. The van der Waals surface area contributed by atoms with Crippen LogP contribution in [0, 0.1) is 19.3 Å². The van der Waals surface area contributed by atoms with E-state index in [4.69, 9.17) is 12.2 Å². The molecule has 1 rings (SSSR count). The largest absolute Gasteiger partial charge is 0.326 e. The Morgan fingerprint density at radius 3 is 2.93 bits per heavy atom. The zero-order chi connectivity index (χ0) is 10.6. The molecule has 0 heterocycles. The number of anilines is 1. The molecule has 0 saturated heterocycles. The van der Waals surface area contributed by atoms with Gasteiger partial charge in [0.1, 0.15) is 0 Å². The van der Waals surface area contributed by atoms with Gasteiger partial charge in [-0.2, -0.15) is 0 Å². The van der Waals surface area contributed by atoms with E-state index in [-0.39, 0.29) is 0 Å². The van der Waals surface area contributed by atoms with Crippen molar-refractivity contribution in [3.63, 3.8) is 0 Å². The topological polar surface area (TPSA) is 55.1 Å². The molecular formula is C11H12N2O. The summed E-state index contributed by atoms with van der Waals surface area (Å²) in [6.07, 6.45) is 4.95. The minimum absolute atomic E-state index is 0.442. The van der Waals surface area contributed by atoms with Crippen molar-refractivity contribution in [2.24, 2.45) is 5.73 Å². The van der Waals surface area contributed by atoms with Crippen molar-refractivity contribution in [3.8, 4) is 12.3 Å². The number of hydrogen-bond acceptors (Lipinski definition) is 2. The van der Waals surface area contributed by atoms with Crippen molar-refractivity contribution in [2.45, 2.75) is 13.5 Å². The van der Waals surface area contributed by atoms with E-state index >= 15 is 0 Å². The first-order valence-corrected chi connectivity index (χ1v) is 4.24. The molecule has 1 amide bonds. The molecule has 0 spiro atoms. The number of aryl methyl sites for hydroxylation is 1. The van der Waals surface area contributed by atoms with Gasteiger partial charge in [0, 0.05) is 12.2 Å². The Morgan fingerprint density at radius 1 is 1.64 bits per heavy atom. The fourth-order valence-corrected chi connectivity index (χ4v) is 1.09. The standard InChI is InChI=1S/C11H12N2O/c1-3-11(14)13-10-6-9(7-12)5-4-8(10)2/h1,4-6H,7,12H2,2H3,(H,13,14). The number of nitrogens with one attached hydrogen (secondary N) is 1. The third kappa shape index (κ3) is 2.35. The van der Waals surface area contributed by atoms with Gasteiger partial charge in [-0.1, -0.05) is 12.1 Å². The molecule has 0 saturated carbocycles. The monoisotopic (exact) mass is 188 g/mol. The lowest BCUT2D eigenvalue weighted by Gasteiger charge is -2.07. The average molecular weight is 188 g/mol. The normalized spacial score (nSPS) is 9.21. The van der Waals surface area contributed by atoms with E-state index in [0.29, 0.717) is 6.54 Å². The van der Waals surface area contributed by atoms with E-state index in [9.17, 15) is 4.79 Å². The molecule has 0 aliphatic carbocycles. The first-order valence-electron chi connectivity index (χ1n) is 4.24. The second-order valence-corrected chi connectivity index (χ2v) is 2.95. The van der Waals surface area contributed by atoms with Gasteiger partial charge in [0.25, 0.3) is 5.91 Å². The zero-order valence-electron chi connectivity index (χ0n) is 8.00. The Balaban J connectivity index is 2.96. The second kappa shape index (κ2) is 4.45. The van der Waals surface area contributed by atoms with E-state index in [1.165, 1.54) is 0 Å². The van der Waals surface area contributed by atoms with Crippen molar-refractivity contribution < 1.29 is 4.79 Å². The van der Waals surface area contributed by atoms with Crippen LogP contribution >= 0.6 is 0 Å². The summed E-state index contributed by atoms with van der Waals surface area (Å²) in [5.41, 5.74) is 8.12. The van der Waals surface area contributed by atoms with Gasteiger partial charge in [0.15, 0.2) is 0 Å². The summed E-state index contributed by atoms with van der Waals surface area (Å²) in [4.78, 5) is 11.0. The van der Waals surface area contributed by atoms with Crippen molar-refractivity contribution in [2.75, 3.05) is 5.32 Å². The molecule has 0 radical (unpaired) electrons. The van der Waals surface area contributed by atoms with Crippen LogP contribution in [-0.4, -0.2) is 5.91 Å². The molecule has 3 nitrogen and oxygen atoms in total. The molecule has 0 fully saturated rings. The van der Waals surface area contributed by atoms with E-state index in [1.54, 1.807) is 0 Å². The van der Waals surface area contributed by atoms with Crippen LogP contribution in [0.4, 0.5) is 5.69 Å². The van der Waals surface area contributed by atoms with Crippen molar-refractivity contribution in [1.29, 1.82) is 0 Å². The predicted octanol–water partition coefficient (Wildman–Crippen LogP) is 1.03. The molecule has 0 atom stereocenters. The van der Waals surface area contributed by atoms with Gasteiger partial charge in [-0.25, -0.2) is 0 Å². The third-order valence-corrected chi connectivity index (χ3v) is 1.92. The Hall–Kier alpha value is -1.79. The predicted molar refractivity (Wildman–Crippen MR) is 56.5 cm³/mol. The fraction of sp³-hybridized carbons (Fsp3) is 0.182. The molecule has 72 valence electrons. The molecule has 3 N–H and O–H groups in total. The maximum atomic E-state index is 11.0. The van der Waals surface area contributed by atoms with Gasteiger partial charge in [0.05, 0.1) is 0 Å². The summed E-state index contributed by atoms with van der Waals surface area (Å²) < 4.78 is 0. The molecule has 3 heteroatoms. The van der Waals surface area contributed by atoms with Crippen LogP contribution in [0.2, 0.25) is 0 Å². The molecule has 0 aromatic heterocycles. The summed E-state index contributed by atoms with van der Waals surface area (Å²) in [5.74, 6) is 1.55. The highest BCUT2D eigenvalue weighted by molar-refractivity contribution is 6.03. The smallest absolute Gasteiger partial charge is 0.300 e. The number of terminal acetylenes is 1. The summed E-state index contributed by atoms with van der Waals surface area (Å²) in [6, 6.07) is 5.64. The SMILES string of the molecule is C#CC(=O)Nc1cc(CN)ccc1C. The fourth-order valence-electron chi connectivity index (χ4n) is 1.09. The quantitative estimate of drug-likeness (QED) is 0.681. The average Bonchev–Trinajstić information content (AvgIpc) is 2.21. The third-order valence-electron chi connectivity index (χ3n) is 1.92. The van der Waals surface area contributed by atoms with Crippen LogP contribution in [0.5, 0.6) is 0 Å². The second-order valence-electron chi connectivity index (χ2n) is 2.95. The number of carbonyl (C=O) groups is 1. The number of benzene rings is 1. The van der Waals surface area contributed by atoms with Crippen LogP contribution in [0.25, 0.3) is 0 Å². The van der Waals surface area contributed by atoms with Crippen molar-refractivity contribution >= 4 is 11.6 Å².